The first-order chi connectivity index (χ1) is 7.84. The highest BCUT2D eigenvalue weighted by Gasteiger charge is 1.95. The van der Waals surface area contributed by atoms with Gasteiger partial charge >= 0.3 is 0 Å². The summed E-state index contributed by atoms with van der Waals surface area (Å²) in [7, 11) is 0. The zero-order chi connectivity index (χ0) is 11.2. The van der Waals surface area contributed by atoms with Gasteiger partial charge < -0.3 is 15.4 Å². The van der Waals surface area contributed by atoms with Crippen molar-refractivity contribution >= 4 is 5.69 Å². The average Bonchev–Trinajstić information content (AvgIpc) is 2.80. The first kappa shape index (κ1) is 10.5. The van der Waals surface area contributed by atoms with E-state index in [1.54, 1.807) is 18.3 Å². The largest absolute Gasteiger partial charge is 0.508 e. The molecule has 0 spiro atoms. The number of hydrogen-bond acceptors (Lipinski definition) is 3. The monoisotopic (exact) mass is 217 g/mol. The summed E-state index contributed by atoms with van der Waals surface area (Å²) in [6, 6.07) is 7.08. The minimum Gasteiger partial charge on any atom is -0.508 e. The zero-order valence-electron chi connectivity index (χ0n) is 8.98. The number of nitrogens with zero attached hydrogens (tertiary/aromatic N) is 1. The second kappa shape index (κ2) is 5.21. The molecule has 2 aromatic rings. The number of benzene rings is 1. The van der Waals surface area contributed by atoms with E-state index in [0.717, 1.165) is 30.9 Å². The molecular formula is C12H15N3O. The second-order valence-electron chi connectivity index (χ2n) is 3.61. The maximum absolute atomic E-state index is 9.11. The first-order valence-corrected chi connectivity index (χ1v) is 5.36. The van der Waals surface area contributed by atoms with E-state index < -0.39 is 0 Å². The molecule has 0 saturated heterocycles. The van der Waals surface area contributed by atoms with Gasteiger partial charge in [0.25, 0.3) is 0 Å². The van der Waals surface area contributed by atoms with Crippen molar-refractivity contribution in [2.45, 2.75) is 12.8 Å². The summed E-state index contributed by atoms with van der Waals surface area (Å²) < 4.78 is 0. The van der Waals surface area contributed by atoms with Crippen LogP contribution in [0.5, 0.6) is 5.75 Å². The Hall–Kier alpha value is -1.97. The van der Waals surface area contributed by atoms with Crippen molar-refractivity contribution in [1.29, 1.82) is 0 Å². The molecule has 0 radical (unpaired) electrons. The molecule has 0 amide bonds. The molecule has 1 aromatic heterocycles. The number of phenols is 1. The summed E-state index contributed by atoms with van der Waals surface area (Å²) in [5.41, 5.74) is 1.03. The zero-order valence-corrected chi connectivity index (χ0v) is 8.98. The van der Waals surface area contributed by atoms with Gasteiger partial charge in [0.15, 0.2) is 0 Å². The number of phenolic OH excluding ortho intramolecular Hbond substituents is 1. The molecule has 0 aliphatic rings. The van der Waals surface area contributed by atoms with Crippen molar-refractivity contribution in [3.05, 3.63) is 42.5 Å². The summed E-state index contributed by atoms with van der Waals surface area (Å²) in [5.74, 6) is 1.31. The summed E-state index contributed by atoms with van der Waals surface area (Å²) in [4.78, 5) is 7.23. The van der Waals surface area contributed by atoms with Gasteiger partial charge in [-0.3, -0.25) is 0 Å². The number of nitrogens with one attached hydrogen (secondary N) is 2. The molecule has 3 N–H and O–H groups in total. The van der Waals surface area contributed by atoms with Crippen molar-refractivity contribution in [3.63, 3.8) is 0 Å². The lowest BCUT2D eigenvalue weighted by molar-refractivity contribution is 0.475. The lowest BCUT2D eigenvalue weighted by Gasteiger charge is -2.05. The normalized spacial score (nSPS) is 10.2. The summed E-state index contributed by atoms with van der Waals surface area (Å²) >= 11 is 0. The van der Waals surface area contributed by atoms with Crippen LogP contribution in [0.2, 0.25) is 0 Å². The van der Waals surface area contributed by atoms with Crippen LogP contribution in [0, 0.1) is 0 Å². The highest BCUT2D eigenvalue weighted by Crippen LogP contribution is 2.13. The van der Waals surface area contributed by atoms with Crippen LogP contribution in [-0.2, 0) is 6.42 Å². The molecule has 0 atom stereocenters. The minimum absolute atomic E-state index is 0.293. The number of imidazole rings is 1. The molecule has 0 bridgehead atoms. The van der Waals surface area contributed by atoms with Crippen molar-refractivity contribution in [3.8, 4) is 5.75 Å². The second-order valence-corrected chi connectivity index (χ2v) is 3.61. The molecule has 1 aromatic carbocycles. The highest BCUT2D eigenvalue weighted by molar-refractivity contribution is 5.45. The highest BCUT2D eigenvalue weighted by atomic mass is 16.3. The van der Waals surface area contributed by atoms with E-state index in [4.69, 9.17) is 5.11 Å². The fourth-order valence-electron chi connectivity index (χ4n) is 1.50. The number of aromatic amines is 1. The molecule has 0 aliphatic carbocycles. The van der Waals surface area contributed by atoms with Gasteiger partial charge in [-0.1, -0.05) is 0 Å². The quantitative estimate of drug-likeness (QED) is 0.531. The molecule has 0 fully saturated rings. The molecule has 0 unspecified atom stereocenters. The number of aryl methyl sites for hydroxylation is 1. The number of H-pyrrole nitrogens is 1. The Bertz CT molecular complexity index is 408. The van der Waals surface area contributed by atoms with Crippen molar-refractivity contribution in [1.82, 2.24) is 9.97 Å². The molecular weight excluding hydrogens is 202 g/mol. The van der Waals surface area contributed by atoms with Gasteiger partial charge in [-0.15, -0.1) is 0 Å². The topological polar surface area (TPSA) is 60.9 Å². The fourth-order valence-corrected chi connectivity index (χ4v) is 1.50. The van der Waals surface area contributed by atoms with Gasteiger partial charge in [0.1, 0.15) is 11.6 Å². The Morgan fingerprint density at radius 1 is 1.25 bits per heavy atom. The Balaban J connectivity index is 1.70. The third kappa shape index (κ3) is 3.02. The van der Waals surface area contributed by atoms with Gasteiger partial charge in [-0.2, -0.15) is 0 Å². The van der Waals surface area contributed by atoms with Crippen molar-refractivity contribution in [2.24, 2.45) is 0 Å². The van der Waals surface area contributed by atoms with E-state index in [9.17, 15) is 0 Å². The Kier molecular flexibility index (Phi) is 3.43. The predicted octanol–water partition coefficient (Wildman–Crippen LogP) is 2.16. The van der Waals surface area contributed by atoms with Crippen LogP contribution in [0.4, 0.5) is 5.69 Å². The van der Waals surface area contributed by atoms with Crippen LogP contribution < -0.4 is 5.32 Å². The Morgan fingerprint density at radius 2 is 2.06 bits per heavy atom. The third-order valence-corrected chi connectivity index (χ3v) is 2.34. The molecule has 4 nitrogen and oxygen atoms in total. The molecule has 84 valence electrons. The van der Waals surface area contributed by atoms with Gasteiger partial charge in [0.05, 0.1) is 0 Å². The minimum atomic E-state index is 0.293. The van der Waals surface area contributed by atoms with Gasteiger partial charge in [0, 0.05) is 31.0 Å². The smallest absolute Gasteiger partial charge is 0.115 e. The maximum atomic E-state index is 9.11. The van der Waals surface area contributed by atoms with E-state index in [1.807, 2.05) is 18.3 Å². The van der Waals surface area contributed by atoms with Gasteiger partial charge in [-0.05, 0) is 30.7 Å². The average molecular weight is 217 g/mol. The van der Waals surface area contributed by atoms with Crippen molar-refractivity contribution in [2.75, 3.05) is 11.9 Å². The molecule has 0 saturated carbocycles. The van der Waals surface area contributed by atoms with E-state index in [2.05, 4.69) is 15.3 Å². The van der Waals surface area contributed by atoms with Crippen LogP contribution in [0.15, 0.2) is 36.7 Å². The van der Waals surface area contributed by atoms with Crippen LogP contribution in [0.25, 0.3) is 0 Å². The van der Waals surface area contributed by atoms with E-state index in [-0.39, 0.29) is 0 Å². The van der Waals surface area contributed by atoms with Crippen LogP contribution in [0.3, 0.4) is 0 Å². The Labute approximate surface area is 94.4 Å². The van der Waals surface area contributed by atoms with Gasteiger partial charge in [-0.25, -0.2) is 4.98 Å². The fraction of sp³-hybridized carbons (Fsp3) is 0.250. The molecule has 16 heavy (non-hydrogen) atoms. The molecule has 1 heterocycles. The summed E-state index contributed by atoms with van der Waals surface area (Å²) in [5, 5.41) is 12.4. The molecule has 4 heteroatoms. The summed E-state index contributed by atoms with van der Waals surface area (Å²) in [6.07, 6.45) is 5.57. The molecule has 2 rings (SSSR count). The SMILES string of the molecule is Oc1ccc(NCCCc2ncc[nH]2)cc1. The first-order valence-electron chi connectivity index (χ1n) is 5.36. The number of aromatic hydroxyl groups is 1. The lowest BCUT2D eigenvalue weighted by Crippen LogP contribution is -2.03. The van der Waals surface area contributed by atoms with E-state index in [0.29, 0.717) is 5.75 Å². The summed E-state index contributed by atoms with van der Waals surface area (Å²) in [6.45, 7) is 0.894. The third-order valence-electron chi connectivity index (χ3n) is 2.34. The van der Waals surface area contributed by atoms with E-state index >= 15 is 0 Å². The predicted molar refractivity (Wildman–Crippen MR) is 63.5 cm³/mol. The van der Waals surface area contributed by atoms with Gasteiger partial charge in [0.2, 0.25) is 0 Å². The molecule has 0 aliphatic heterocycles. The van der Waals surface area contributed by atoms with Crippen LogP contribution in [-0.4, -0.2) is 21.6 Å². The van der Waals surface area contributed by atoms with Crippen LogP contribution >= 0.6 is 0 Å². The lowest BCUT2D eigenvalue weighted by atomic mass is 10.2. The number of rotatable bonds is 5. The number of anilines is 1. The Morgan fingerprint density at radius 3 is 2.75 bits per heavy atom. The van der Waals surface area contributed by atoms with E-state index in [1.165, 1.54) is 0 Å². The van der Waals surface area contributed by atoms with Crippen LogP contribution in [0.1, 0.15) is 12.2 Å². The number of hydrogen-bond donors (Lipinski definition) is 3. The number of aromatic nitrogens is 2. The standard InChI is InChI=1S/C12H15N3O/c16-11-5-3-10(4-6-11)13-7-1-2-12-14-8-9-15-12/h3-6,8-9,13,16H,1-2,7H2,(H,14,15). The van der Waals surface area contributed by atoms with Crippen molar-refractivity contribution < 1.29 is 5.11 Å². The maximum Gasteiger partial charge on any atom is 0.115 e.